The van der Waals surface area contributed by atoms with E-state index in [-0.39, 0.29) is 6.61 Å². The highest BCUT2D eigenvalue weighted by Gasteiger charge is 2.36. The van der Waals surface area contributed by atoms with E-state index in [0.29, 0.717) is 13.0 Å². The molecule has 2 rings (SSSR count). The predicted octanol–water partition coefficient (Wildman–Crippen LogP) is 1.47. The predicted molar refractivity (Wildman–Crippen MR) is 93.8 cm³/mol. The van der Waals surface area contributed by atoms with E-state index in [0.717, 1.165) is 18.4 Å². The molecule has 0 spiro atoms. The van der Waals surface area contributed by atoms with Crippen LogP contribution in [0.5, 0.6) is 0 Å². The molecule has 2 atom stereocenters. The third kappa shape index (κ3) is 4.99. The van der Waals surface area contributed by atoms with Crippen LogP contribution < -0.4 is 5.32 Å². The van der Waals surface area contributed by atoms with Crippen LogP contribution in [0.2, 0.25) is 0 Å². The zero-order valence-electron chi connectivity index (χ0n) is 14.6. The molecule has 138 valence electrons. The monoisotopic (exact) mass is 358 g/mol. The first-order valence-corrected chi connectivity index (χ1v) is 8.38. The van der Waals surface area contributed by atoms with Crippen molar-refractivity contribution in [3.63, 3.8) is 0 Å². The van der Waals surface area contributed by atoms with Gasteiger partial charge in [-0.2, -0.15) is 0 Å². The van der Waals surface area contributed by atoms with Crippen LogP contribution >= 0.6 is 0 Å². The molecule has 1 fully saturated rings. The molecule has 0 saturated carbocycles. The molecule has 0 bridgehead atoms. The smallest absolute Gasteiger partial charge is 0.408 e. The number of esters is 1. The van der Waals surface area contributed by atoms with Gasteiger partial charge < -0.3 is 14.4 Å². The number of methoxy groups -OCH3 is 1. The number of carbonyl (C=O) groups excluding carboxylic acids is 3. The van der Waals surface area contributed by atoms with Crippen molar-refractivity contribution in [3.8, 4) is 12.3 Å². The van der Waals surface area contributed by atoms with Gasteiger partial charge in [0.2, 0.25) is 0 Å². The standard InChI is InChI=1S/C19H22N2O5/c1-3-15(20-19(24)26-13-14-9-5-4-6-10-14)17(22)21-12-8-7-11-16(21)18(23)25-2/h1,4-6,9-10,15-16H,7-8,11-13H2,2H3,(H,20,24)/t15-,16-/m0/s1. The van der Waals surface area contributed by atoms with Crippen molar-refractivity contribution < 1.29 is 23.9 Å². The fourth-order valence-corrected chi connectivity index (χ4v) is 2.80. The average Bonchev–Trinajstić information content (AvgIpc) is 2.70. The number of carbonyl (C=O) groups is 3. The molecular weight excluding hydrogens is 336 g/mol. The van der Waals surface area contributed by atoms with Gasteiger partial charge in [0, 0.05) is 6.54 Å². The van der Waals surface area contributed by atoms with E-state index in [1.165, 1.54) is 12.0 Å². The first-order chi connectivity index (χ1) is 12.6. The fraction of sp³-hybridized carbons (Fsp3) is 0.421. The number of ether oxygens (including phenoxy) is 2. The number of hydrogen-bond acceptors (Lipinski definition) is 5. The quantitative estimate of drug-likeness (QED) is 0.636. The van der Waals surface area contributed by atoms with Gasteiger partial charge in [-0.1, -0.05) is 36.3 Å². The minimum atomic E-state index is -1.21. The van der Waals surface area contributed by atoms with E-state index >= 15 is 0 Å². The molecule has 1 N–H and O–H groups in total. The average molecular weight is 358 g/mol. The molecule has 0 aromatic heterocycles. The Morgan fingerprint density at radius 2 is 2.04 bits per heavy atom. The van der Waals surface area contributed by atoms with Crippen LogP contribution in [-0.4, -0.2) is 48.6 Å². The Labute approximate surface area is 152 Å². The molecule has 1 aliphatic rings. The van der Waals surface area contributed by atoms with Crippen molar-refractivity contribution in [3.05, 3.63) is 35.9 Å². The summed E-state index contributed by atoms with van der Waals surface area (Å²) >= 11 is 0. The van der Waals surface area contributed by atoms with Crippen LogP contribution in [0.15, 0.2) is 30.3 Å². The Bertz CT molecular complexity index is 683. The number of terminal acetylenes is 1. The van der Waals surface area contributed by atoms with Gasteiger partial charge in [0.05, 0.1) is 7.11 Å². The third-order valence-electron chi connectivity index (χ3n) is 4.15. The van der Waals surface area contributed by atoms with Gasteiger partial charge >= 0.3 is 12.1 Å². The Kier molecular flexibility index (Phi) is 7.03. The second kappa shape index (κ2) is 9.47. The summed E-state index contributed by atoms with van der Waals surface area (Å²) in [5, 5.41) is 2.37. The van der Waals surface area contributed by atoms with Crippen LogP contribution in [0.4, 0.5) is 4.79 Å². The van der Waals surface area contributed by atoms with E-state index in [2.05, 4.69) is 11.2 Å². The van der Waals surface area contributed by atoms with Gasteiger partial charge in [0.25, 0.3) is 5.91 Å². The van der Waals surface area contributed by atoms with Crippen LogP contribution in [0.25, 0.3) is 0 Å². The summed E-state index contributed by atoms with van der Waals surface area (Å²) < 4.78 is 9.84. The number of hydrogen-bond donors (Lipinski definition) is 1. The lowest BCUT2D eigenvalue weighted by molar-refractivity contribution is -0.154. The molecule has 0 unspecified atom stereocenters. The normalized spacial score (nSPS) is 17.5. The Balaban J connectivity index is 1.95. The third-order valence-corrected chi connectivity index (χ3v) is 4.15. The summed E-state index contributed by atoms with van der Waals surface area (Å²) in [7, 11) is 1.28. The van der Waals surface area contributed by atoms with Gasteiger partial charge in [0.15, 0.2) is 6.04 Å². The molecule has 1 heterocycles. The number of benzene rings is 1. The molecule has 1 aromatic carbocycles. The van der Waals surface area contributed by atoms with E-state index in [1.807, 2.05) is 30.3 Å². The number of nitrogens with zero attached hydrogens (tertiary/aromatic N) is 1. The summed E-state index contributed by atoms with van der Waals surface area (Å²) in [6.45, 7) is 0.449. The summed E-state index contributed by atoms with van der Waals surface area (Å²) in [5.74, 6) is 1.25. The van der Waals surface area contributed by atoms with Crippen molar-refractivity contribution in [2.75, 3.05) is 13.7 Å². The fourth-order valence-electron chi connectivity index (χ4n) is 2.80. The summed E-state index contributed by atoms with van der Waals surface area (Å²) in [6, 6.07) is 7.24. The number of rotatable bonds is 5. The molecule has 1 saturated heterocycles. The largest absolute Gasteiger partial charge is 0.467 e. The van der Waals surface area contributed by atoms with E-state index in [1.54, 1.807) is 0 Å². The van der Waals surface area contributed by atoms with Crippen molar-refractivity contribution in [1.29, 1.82) is 0 Å². The van der Waals surface area contributed by atoms with E-state index in [4.69, 9.17) is 15.9 Å². The number of likely N-dealkylation sites (tertiary alicyclic amines) is 1. The second-order valence-electron chi connectivity index (χ2n) is 5.87. The minimum absolute atomic E-state index is 0.0622. The van der Waals surface area contributed by atoms with Crippen molar-refractivity contribution in [1.82, 2.24) is 10.2 Å². The van der Waals surface area contributed by atoms with Crippen molar-refractivity contribution in [2.45, 2.75) is 38.0 Å². The lowest BCUT2D eigenvalue weighted by Crippen LogP contribution is -2.55. The highest BCUT2D eigenvalue weighted by Crippen LogP contribution is 2.19. The number of nitrogens with one attached hydrogen (secondary N) is 1. The maximum atomic E-state index is 12.7. The maximum absolute atomic E-state index is 12.7. The van der Waals surface area contributed by atoms with Crippen LogP contribution in [0, 0.1) is 12.3 Å². The number of amides is 2. The number of piperidine rings is 1. The van der Waals surface area contributed by atoms with Crippen LogP contribution in [0.3, 0.4) is 0 Å². The van der Waals surface area contributed by atoms with Gasteiger partial charge in [0.1, 0.15) is 12.6 Å². The summed E-state index contributed by atoms with van der Waals surface area (Å²) in [6.07, 6.45) is 6.69. The van der Waals surface area contributed by atoms with Gasteiger partial charge in [-0.15, -0.1) is 6.42 Å². The van der Waals surface area contributed by atoms with Gasteiger partial charge in [-0.05, 0) is 24.8 Å². The minimum Gasteiger partial charge on any atom is -0.467 e. The first kappa shape index (κ1) is 19.3. The summed E-state index contributed by atoms with van der Waals surface area (Å²) in [5.41, 5.74) is 0.813. The molecule has 2 amide bonds. The molecule has 7 heteroatoms. The summed E-state index contributed by atoms with van der Waals surface area (Å²) in [4.78, 5) is 37.9. The highest BCUT2D eigenvalue weighted by atomic mass is 16.5. The van der Waals surface area contributed by atoms with Gasteiger partial charge in [-0.25, -0.2) is 9.59 Å². The van der Waals surface area contributed by atoms with Gasteiger partial charge in [-0.3, -0.25) is 10.1 Å². The second-order valence-corrected chi connectivity index (χ2v) is 5.87. The molecule has 7 nitrogen and oxygen atoms in total. The maximum Gasteiger partial charge on any atom is 0.408 e. The molecule has 1 aliphatic heterocycles. The molecule has 0 radical (unpaired) electrons. The number of alkyl carbamates (subject to hydrolysis) is 1. The van der Waals surface area contributed by atoms with Crippen molar-refractivity contribution in [2.24, 2.45) is 0 Å². The lowest BCUT2D eigenvalue weighted by atomic mass is 10.0. The molecule has 26 heavy (non-hydrogen) atoms. The highest BCUT2D eigenvalue weighted by molar-refractivity contribution is 5.92. The lowest BCUT2D eigenvalue weighted by Gasteiger charge is -2.35. The Morgan fingerprint density at radius 1 is 1.31 bits per heavy atom. The topological polar surface area (TPSA) is 84.9 Å². The molecular formula is C19H22N2O5. The van der Waals surface area contributed by atoms with E-state index in [9.17, 15) is 14.4 Å². The zero-order valence-corrected chi connectivity index (χ0v) is 14.6. The Morgan fingerprint density at radius 3 is 2.69 bits per heavy atom. The Hall–Kier alpha value is -3.01. The first-order valence-electron chi connectivity index (χ1n) is 8.38. The van der Waals surface area contributed by atoms with Crippen molar-refractivity contribution >= 4 is 18.0 Å². The zero-order chi connectivity index (χ0) is 18.9. The molecule has 0 aliphatic carbocycles. The molecule has 1 aromatic rings. The SMILES string of the molecule is C#C[C@H](NC(=O)OCc1ccccc1)C(=O)N1CCCC[C@H]1C(=O)OC. The van der Waals surface area contributed by atoms with Crippen LogP contribution in [-0.2, 0) is 25.7 Å². The van der Waals surface area contributed by atoms with E-state index < -0.39 is 30.1 Å². The van der Waals surface area contributed by atoms with Crippen LogP contribution in [0.1, 0.15) is 24.8 Å².